The second-order valence-electron chi connectivity index (χ2n) is 7.50. The Bertz CT molecular complexity index is 1500. The number of rotatable bonds is 4. The van der Waals surface area contributed by atoms with E-state index in [1.807, 2.05) is 0 Å². The minimum absolute atomic E-state index is 0.117. The van der Waals surface area contributed by atoms with Crippen molar-refractivity contribution in [2.24, 2.45) is 0 Å². The zero-order chi connectivity index (χ0) is 24.9. The minimum Gasteiger partial charge on any atom is -0.507 e. The van der Waals surface area contributed by atoms with Gasteiger partial charge in [-0.2, -0.15) is 0 Å². The molecule has 1 aliphatic rings. The molecule has 5 rings (SSSR count). The number of benzene rings is 2. The van der Waals surface area contributed by atoms with Gasteiger partial charge in [-0.05, 0) is 42.5 Å². The lowest BCUT2D eigenvalue weighted by molar-refractivity contribution is -0.132. The number of nitrogens with zero attached hydrogens (tertiary/aromatic N) is 3. The Hall–Kier alpha value is -3.53. The summed E-state index contributed by atoms with van der Waals surface area (Å²) in [6, 6.07) is 11.0. The van der Waals surface area contributed by atoms with E-state index in [2.05, 4.69) is 9.97 Å². The smallest absolute Gasteiger partial charge is 0.301 e. The fourth-order valence-electron chi connectivity index (χ4n) is 3.83. The number of amides is 1. The highest BCUT2D eigenvalue weighted by atomic mass is 35.5. The molecule has 1 amide bonds. The number of halogens is 3. The standard InChI is InChI=1S/C24H14Cl2FN3O4S/c1-34-17-6-5-11(8-13(17)26)21(31)19-20(15-4-2-3-7-28-15)30(23(33)22(19)32)24-29-16-9-12(25)14(27)10-18(16)35-24/h2-10,20,31H,1H3/b21-19+. The number of carbonyl (C=O) groups excluding carboxylic acids is 2. The Balaban J connectivity index is 1.71. The summed E-state index contributed by atoms with van der Waals surface area (Å²) in [5.74, 6) is -2.51. The number of hydrogen-bond donors (Lipinski definition) is 1. The summed E-state index contributed by atoms with van der Waals surface area (Å²) in [4.78, 5) is 36.3. The van der Waals surface area contributed by atoms with Crippen LogP contribution >= 0.6 is 34.5 Å². The highest BCUT2D eigenvalue weighted by molar-refractivity contribution is 7.22. The molecule has 0 radical (unpaired) electrons. The lowest BCUT2D eigenvalue weighted by atomic mass is 9.98. The quantitative estimate of drug-likeness (QED) is 0.205. The molecule has 7 nitrogen and oxygen atoms in total. The molecule has 0 aliphatic carbocycles. The van der Waals surface area contributed by atoms with Gasteiger partial charge in [0.25, 0.3) is 5.78 Å². The molecule has 0 spiro atoms. The Kier molecular flexibility index (Phi) is 5.92. The van der Waals surface area contributed by atoms with E-state index in [9.17, 15) is 19.1 Å². The number of Topliss-reactive ketones (excluding diaryl/α,β-unsaturated/α-hetero) is 1. The number of ether oxygens (including phenoxy) is 1. The first-order chi connectivity index (χ1) is 16.8. The summed E-state index contributed by atoms with van der Waals surface area (Å²) in [6.07, 6.45) is 1.51. The monoisotopic (exact) mass is 529 g/mol. The lowest BCUT2D eigenvalue weighted by Crippen LogP contribution is -2.29. The van der Waals surface area contributed by atoms with Gasteiger partial charge >= 0.3 is 5.91 Å². The summed E-state index contributed by atoms with van der Waals surface area (Å²) in [7, 11) is 1.45. The molecule has 1 unspecified atom stereocenters. The number of pyridine rings is 1. The number of ketones is 1. The van der Waals surface area contributed by atoms with Crippen molar-refractivity contribution in [3.05, 3.63) is 87.4 Å². The predicted octanol–water partition coefficient (Wildman–Crippen LogP) is 5.77. The molecule has 0 saturated carbocycles. The van der Waals surface area contributed by atoms with Gasteiger partial charge in [0.05, 0.1) is 38.6 Å². The van der Waals surface area contributed by atoms with Crippen molar-refractivity contribution in [2.75, 3.05) is 12.0 Å². The number of aliphatic hydroxyl groups excluding tert-OH is 1. The highest BCUT2D eigenvalue weighted by Gasteiger charge is 2.48. The second kappa shape index (κ2) is 8.92. The average molecular weight is 530 g/mol. The molecular weight excluding hydrogens is 516 g/mol. The molecular formula is C24H14Cl2FN3O4S. The number of thiazole rings is 1. The van der Waals surface area contributed by atoms with Gasteiger partial charge in [0.1, 0.15) is 23.4 Å². The first-order valence-electron chi connectivity index (χ1n) is 10.1. The molecule has 3 heterocycles. The number of methoxy groups -OCH3 is 1. The molecule has 1 atom stereocenters. The van der Waals surface area contributed by atoms with Crippen LogP contribution in [0.25, 0.3) is 16.0 Å². The van der Waals surface area contributed by atoms with Crippen molar-refractivity contribution in [2.45, 2.75) is 6.04 Å². The van der Waals surface area contributed by atoms with Gasteiger partial charge in [-0.1, -0.05) is 40.6 Å². The third-order valence-corrected chi connectivity index (χ3v) is 7.07. The highest BCUT2D eigenvalue weighted by Crippen LogP contribution is 2.44. The fourth-order valence-corrected chi connectivity index (χ4v) is 5.25. The Morgan fingerprint density at radius 3 is 2.63 bits per heavy atom. The molecule has 2 aromatic carbocycles. The van der Waals surface area contributed by atoms with E-state index < -0.39 is 29.3 Å². The summed E-state index contributed by atoms with van der Waals surface area (Å²) in [5, 5.41) is 11.4. The summed E-state index contributed by atoms with van der Waals surface area (Å²) < 4.78 is 19.6. The van der Waals surface area contributed by atoms with Crippen LogP contribution in [0.3, 0.4) is 0 Å². The normalized spacial score (nSPS) is 17.4. The average Bonchev–Trinajstić information content (AvgIpc) is 3.37. The predicted molar refractivity (Wildman–Crippen MR) is 132 cm³/mol. The number of hydrogen-bond acceptors (Lipinski definition) is 7. The molecule has 2 aromatic heterocycles. The van der Waals surface area contributed by atoms with Crippen molar-refractivity contribution in [3.8, 4) is 5.75 Å². The van der Waals surface area contributed by atoms with E-state index in [1.54, 1.807) is 18.2 Å². The van der Waals surface area contributed by atoms with Crippen LogP contribution in [-0.4, -0.2) is 33.9 Å². The maximum absolute atomic E-state index is 14.0. The maximum Gasteiger partial charge on any atom is 0.301 e. The first-order valence-corrected chi connectivity index (χ1v) is 11.7. The number of aliphatic hydroxyl groups is 1. The molecule has 1 N–H and O–H groups in total. The van der Waals surface area contributed by atoms with Gasteiger partial charge < -0.3 is 9.84 Å². The van der Waals surface area contributed by atoms with Gasteiger partial charge in [0, 0.05) is 11.8 Å². The fraction of sp³-hybridized carbons (Fsp3) is 0.0833. The van der Waals surface area contributed by atoms with Gasteiger partial charge in [-0.25, -0.2) is 9.37 Å². The number of carbonyl (C=O) groups is 2. The number of anilines is 1. The summed E-state index contributed by atoms with van der Waals surface area (Å²) in [5.41, 5.74) is 0.725. The van der Waals surface area contributed by atoms with E-state index in [4.69, 9.17) is 27.9 Å². The molecule has 35 heavy (non-hydrogen) atoms. The molecule has 176 valence electrons. The summed E-state index contributed by atoms with van der Waals surface area (Å²) in [6.45, 7) is 0. The van der Waals surface area contributed by atoms with Crippen molar-refractivity contribution in [3.63, 3.8) is 0 Å². The third-order valence-electron chi connectivity index (χ3n) is 5.46. The van der Waals surface area contributed by atoms with Crippen LogP contribution in [0.1, 0.15) is 17.3 Å². The van der Waals surface area contributed by atoms with Gasteiger partial charge in [-0.3, -0.25) is 19.5 Å². The van der Waals surface area contributed by atoms with Crippen molar-refractivity contribution in [1.29, 1.82) is 0 Å². The van der Waals surface area contributed by atoms with Gasteiger partial charge in [0.15, 0.2) is 5.13 Å². The topological polar surface area (TPSA) is 92.6 Å². The zero-order valence-electron chi connectivity index (χ0n) is 17.8. The van der Waals surface area contributed by atoms with E-state index in [0.29, 0.717) is 21.7 Å². The largest absolute Gasteiger partial charge is 0.507 e. The van der Waals surface area contributed by atoms with Crippen LogP contribution in [0.15, 0.2) is 60.3 Å². The van der Waals surface area contributed by atoms with E-state index in [1.165, 1.54) is 43.6 Å². The molecule has 1 aliphatic heterocycles. The third kappa shape index (κ3) is 3.91. The number of aromatic nitrogens is 2. The van der Waals surface area contributed by atoms with Gasteiger partial charge in [-0.15, -0.1) is 0 Å². The molecule has 1 saturated heterocycles. The van der Waals surface area contributed by atoms with E-state index >= 15 is 0 Å². The zero-order valence-corrected chi connectivity index (χ0v) is 20.2. The Labute approximate surface area is 212 Å². The maximum atomic E-state index is 14.0. The van der Waals surface area contributed by atoms with E-state index in [0.717, 1.165) is 16.2 Å². The van der Waals surface area contributed by atoms with Crippen LogP contribution in [0.2, 0.25) is 10.0 Å². The Morgan fingerprint density at radius 1 is 1.14 bits per heavy atom. The Morgan fingerprint density at radius 2 is 1.94 bits per heavy atom. The first kappa shape index (κ1) is 23.2. The molecule has 0 bridgehead atoms. The minimum atomic E-state index is -1.09. The number of fused-ring (bicyclic) bond motifs is 1. The van der Waals surface area contributed by atoms with Crippen LogP contribution in [0.5, 0.6) is 5.75 Å². The second-order valence-corrected chi connectivity index (χ2v) is 9.33. The van der Waals surface area contributed by atoms with Crippen molar-refractivity contribution in [1.82, 2.24) is 9.97 Å². The molecule has 11 heteroatoms. The van der Waals surface area contributed by atoms with E-state index in [-0.39, 0.29) is 26.3 Å². The van der Waals surface area contributed by atoms with Crippen LogP contribution < -0.4 is 9.64 Å². The van der Waals surface area contributed by atoms with Crippen LogP contribution in [0, 0.1) is 5.82 Å². The molecule has 1 fully saturated rings. The van der Waals surface area contributed by atoms with Crippen LogP contribution in [0.4, 0.5) is 9.52 Å². The van der Waals surface area contributed by atoms with Crippen molar-refractivity contribution >= 4 is 67.3 Å². The van der Waals surface area contributed by atoms with Crippen molar-refractivity contribution < 1.29 is 23.8 Å². The SMILES string of the molecule is COc1ccc(/C(O)=C2\C(=O)C(=O)N(c3nc4cc(Cl)c(F)cc4s3)C2c2ccccn2)cc1Cl. The lowest BCUT2D eigenvalue weighted by Gasteiger charge is -2.22. The molecule has 4 aromatic rings. The van der Waals surface area contributed by atoms with Crippen LogP contribution in [-0.2, 0) is 9.59 Å². The summed E-state index contributed by atoms with van der Waals surface area (Å²) >= 11 is 13.1. The van der Waals surface area contributed by atoms with Gasteiger partial charge in [0.2, 0.25) is 0 Å².